The average Bonchev–Trinajstić information content (AvgIpc) is 2.78. The van der Waals surface area contributed by atoms with Crippen LogP contribution in [0, 0.1) is 0 Å². The normalized spacial score (nSPS) is 17.4. The molecule has 1 amide bonds. The Hall–Kier alpha value is -1.82. The van der Waals surface area contributed by atoms with Gasteiger partial charge in [0.25, 0.3) is 0 Å². The van der Waals surface area contributed by atoms with Crippen LogP contribution in [0.1, 0.15) is 12.5 Å². The second kappa shape index (κ2) is 6.20. The highest BCUT2D eigenvalue weighted by molar-refractivity contribution is 8.15. The number of nitrogens with one attached hydrogen (secondary N) is 1. The van der Waals surface area contributed by atoms with Crippen LogP contribution in [0.15, 0.2) is 34.5 Å². The fourth-order valence-electron chi connectivity index (χ4n) is 1.40. The van der Waals surface area contributed by atoms with E-state index in [1.54, 1.807) is 6.21 Å². The Morgan fingerprint density at radius 1 is 1.50 bits per heavy atom. The van der Waals surface area contributed by atoms with E-state index in [2.05, 4.69) is 15.5 Å². The number of amidine groups is 1. The number of para-hydroxylation sites is 1. The number of carbonyl (C=O) groups excluding carboxylic acids is 1. The van der Waals surface area contributed by atoms with E-state index in [1.807, 2.05) is 31.2 Å². The highest BCUT2D eigenvalue weighted by Crippen LogP contribution is 2.16. The van der Waals surface area contributed by atoms with Gasteiger partial charge in [0, 0.05) is 5.56 Å². The van der Waals surface area contributed by atoms with E-state index >= 15 is 0 Å². The number of nitrogens with zero attached hydrogens (tertiary/aromatic N) is 2. The Labute approximate surface area is 109 Å². The third-order valence-electron chi connectivity index (χ3n) is 2.15. The number of carbonyl (C=O) groups is 1. The zero-order chi connectivity index (χ0) is 12.8. The van der Waals surface area contributed by atoms with Crippen molar-refractivity contribution in [2.24, 2.45) is 10.2 Å². The number of amides is 1. The highest BCUT2D eigenvalue weighted by Gasteiger charge is 2.15. The molecule has 0 atom stereocenters. The molecular weight excluding hydrogens is 250 g/mol. The quantitative estimate of drug-likeness (QED) is 0.663. The molecule has 94 valence electrons. The lowest BCUT2D eigenvalue weighted by molar-refractivity contribution is -0.116. The predicted molar refractivity (Wildman–Crippen MR) is 73.2 cm³/mol. The van der Waals surface area contributed by atoms with Gasteiger partial charge in [-0.05, 0) is 19.1 Å². The Kier molecular flexibility index (Phi) is 4.35. The van der Waals surface area contributed by atoms with Gasteiger partial charge in [0.1, 0.15) is 5.75 Å². The van der Waals surface area contributed by atoms with Gasteiger partial charge in [0.15, 0.2) is 5.17 Å². The van der Waals surface area contributed by atoms with Crippen molar-refractivity contribution in [3.8, 4) is 5.75 Å². The van der Waals surface area contributed by atoms with Crippen LogP contribution in [-0.2, 0) is 4.79 Å². The fraction of sp³-hybridized carbons (Fsp3) is 0.250. The van der Waals surface area contributed by atoms with Gasteiger partial charge in [-0.25, -0.2) is 0 Å². The van der Waals surface area contributed by atoms with E-state index in [4.69, 9.17) is 4.74 Å². The van der Waals surface area contributed by atoms with Gasteiger partial charge < -0.3 is 10.1 Å². The van der Waals surface area contributed by atoms with Gasteiger partial charge >= 0.3 is 0 Å². The van der Waals surface area contributed by atoms with Crippen LogP contribution >= 0.6 is 11.8 Å². The predicted octanol–water partition coefficient (Wildman–Crippen LogP) is 1.64. The second-order valence-corrected chi connectivity index (χ2v) is 4.42. The van der Waals surface area contributed by atoms with Crippen LogP contribution in [0.2, 0.25) is 0 Å². The van der Waals surface area contributed by atoms with E-state index in [1.165, 1.54) is 11.8 Å². The topological polar surface area (TPSA) is 63.1 Å². The molecule has 5 nitrogen and oxygen atoms in total. The standard InChI is InChI=1S/C12H13N3O2S/c1-2-17-10-6-4-3-5-9(10)7-13-15-12-14-11(16)8-18-12/h3-7H,2,8H2,1H3,(H,14,15,16). The van der Waals surface area contributed by atoms with Gasteiger partial charge in [0.2, 0.25) is 5.91 Å². The van der Waals surface area contributed by atoms with E-state index < -0.39 is 0 Å². The largest absolute Gasteiger partial charge is 0.493 e. The SMILES string of the molecule is CCOc1ccccc1C=NN=C1NC(=O)CS1. The first-order valence-electron chi connectivity index (χ1n) is 5.55. The molecule has 1 aliphatic rings. The summed E-state index contributed by atoms with van der Waals surface area (Å²) in [5.74, 6) is 1.14. The summed E-state index contributed by atoms with van der Waals surface area (Å²) < 4.78 is 5.46. The Morgan fingerprint density at radius 2 is 2.33 bits per heavy atom. The Balaban J connectivity index is 2.07. The number of benzene rings is 1. The maximum atomic E-state index is 10.9. The molecule has 1 aromatic rings. The minimum atomic E-state index is -0.0383. The highest BCUT2D eigenvalue weighted by atomic mass is 32.2. The van der Waals surface area contributed by atoms with E-state index in [0.717, 1.165) is 11.3 Å². The number of rotatable bonds is 4. The third kappa shape index (κ3) is 3.33. The lowest BCUT2D eigenvalue weighted by Gasteiger charge is -2.04. The number of hydrogen-bond donors (Lipinski definition) is 1. The molecule has 1 aliphatic heterocycles. The van der Waals surface area contributed by atoms with E-state index in [9.17, 15) is 4.79 Å². The summed E-state index contributed by atoms with van der Waals surface area (Å²) in [5, 5.41) is 11.0. The lowest BCUT2D eigenvalue weighted by Crippen LogP contribution is -2.19. The molecule has 1 aromatic carbocycles. The lowest BCUT2D eigenvalue weighted by atomic mass is 10.2. The van der Waals surface area contributed by atoms with Crippen LogP contribution in [0.4, 0.5) is 0 Å². The monoisotopic (exact) mass is 263 g/mol. The Morgan fingerprint density at radius 3 is 3.06 bits per heavy atom. The number of thioether (sulfide) groups is 1. The number of hydrogen-bond acceptors (Lipinski definition) is 5. The van der Waals surface area contributed by atoms with Crippen molar-refractivity contribution in [3.05, 3.63) is 29.8 Å². The summed E-state index contributed by atoms with van der Waals surface area (Å²) in [6.07, 6.45) is 1.61. The summed E-state index contributed by atoms with van der Waals surface area (Å²) in [4.78, 5) is 10.9. The van der Waals surface area contributed by atoms with Crippen molar-refractivity contribution >= 4 is 29.1 Å². The van der Waals surface area contributed by atoms with Crippen molar-refractivity contribution in [2.75, 3.05) is 12.4 Å². The molecule has 0 unspecified atom stereocenters. The molecule has 0 aromatic heterocycles. The van der Waals surface area contributed by atoms with Gasteiger partial charge in [0.05, 0.1) is 18.6 Å². The number of ether oxygens (including phenoxy) is 1. The molecule has 0 aliphatic carbocycles. The Bertz CT molecular complexity index is 500. The van der Waals surface area contributed by atoms with Crippen LogP contribution < -0.4 is 10.1 Å². The third-order valence-corrected chi connectivity index (χ3v) is 3.01. The van der Waals surface area contributed by atoms with E-state index in [-0.39, 0.29) is 5.91 Å². The molecule has 1 heterocycles. The van der Waals surface area contributed by atoms with Gasteiger partial charge in [-0.2, -0.15) is 5.10 Å². The van der Waals surface area contributed by atoms with E-state index in [0.29, 0.717) is 17.5 Å². The molecule has 1 fully saturated rings. The van der Waals surface area contributed by atoms with Crippen molar-refractivity contribution in [1.29, 1.82) is 0 Å². The first-order valence-corrected chi connectivity index (χ1v) is 6.53. The first kappa shape index (κ1) is 12.6. The van der Waals surface area contributed by atoms with Gasteiger partial charge in [-0.15, -0.1) is 5.10 Å². The van der Waals surface area contributed by atoms with Crippen molar-refractivity contribution < 1.29 is 9.53 Å². The minimum Gasteiger partial charge on any atom is -0.493 e. The molecule has 2 rings (SSSR count). The maximum absolute atomic E-state index is 10.9. The van der Waals surface area contributed by atoms with Crippen molar-refractivity contribution in [1.82, 2.24) is 5.32 Å². The molecule has 1 N–H and O–H groups in total. The van der Waals surface area contributed by atoms with Crippen LogP contribution in [-0.4, -0.2) is 29.6 Å². The molecule has 0 bridgehead atoms. The summed E-state index contributed by atoms with van der Waals surface area (Å²) in [5.41, 5.74) is 0.859. The summed E-state index contributed by atoms with van der Waals surface area (Å²) in [7, 11) is 0. The summed E-state index contributed by atoms with van der Waals surface area (Å²) in [6.45, 7) is 2.53. The molecule has 0 radical (unpaired) electrons. The summed E-state index contributed by atoms with van der Waals surface area (Å²) >= 11 is 1.34. The van der Waals surface area contributed by atoms with Crippen LogP contribution in [0.5, 0.6) is 5.75 Å². The average molecular weight is 263 g/mol. The molecule has 0 spiro atoms. The van der Waals surface area contributed by atoms with Crippen molar-refractivity contribution in [2.45, 2.75) is 6.92 Å². The van der Waals surface area contributed by atoms with Gasteiger partial charge in [-0.1, -0.05) is 23.9 Å². The molecular formula is C12H13N3O2S. The molecule has 1 saturated heterocycles. The van der Waals surface area contributed by atoms with Crippen LogP contribution in [0.3, 0.4) is 0 Å². The van der Waals surface area contributed by atoms with Gasteiger partial charge in [-0.3, -0.25) is 4.79 Å². The molecule has 18 heavy (non-hydrogen) atoms. The van der Waals surface area contributed by atoms with Crippen molar-refractivity contribution in [3.63, 3.8) is 0 Å². The fourth-order valence-corrected chi connectivity index (χ4v) is 2.03. The minimum absolute atomic E-state index is 0.0383. The zero-order valence-electron chi connectivity index (χ0n) is 9.92. The first-order chi connectivity index (χ1) is 8.79. The second-order valence-electron chi connectivity index (χ2n) is 3.46. The molecule has 0 saturated carbocycles. The smallest absolute Gasteiger partial charge is 0.236 e. The van der Waals surface area contributed by atoms with Crippen LogP contribution in [0.25, 0.3) is 0 Å². The zero-order valence-corrected chi connectivity index (χ0v) is 10.7. The summed E-state index contributed by atoms with van der Waals surface area (Å²) in [6, 6.07) is 7.59. The molecule has 6 heteroatoms. The maximum Gasteiger partial charge on any atom is 0.236 e.